The van der Waals surface area contributed by atoms with E-state index in [9.17, 15) is 4.39 Å². The van der Waals surface area contributed by atoms with E-state index in [4.69, 9.17) is 11.6 Å². The molecule has 1 atom stereocenters. The molecule has 1 saturated heterocycles. The average molecular weight is 214 g/mol. The Labute approximate surface area is 88.3 Å². The Morgan fingerprint density at radius 1 is 1.50 bits per heavy atom. The van der Waals surface area contributed by atoms with Crippen molar-refractivity contribution in [2.24, 2.45) is 0 Å². The Hall–Kier alpha value is -0.600. The van der Waals surface area contributed by atoms with Crippen molar-refractivity contribution in [3.05, 3.63) is 34.6 Å². The zero-order valence-corrected chi connectivity index (χ0v) is 8.65. The van der Waals surface area contributed by atoms with Gasteiger partial charge in [0.05, 0.1) is 0 Å². The fraction of sp³-hybridized carbons (Fsp3) is 0.455. The quantitative estimate of drug-likeness (QED) is 0.797. The van der Waals surface area contributed by atoms with Gasteiger partial charge in [-0.2, -0.15) is 0 Å². The second kappa shape index (κ2) is 4.28. The smallest absolute Gasteiger partial charge is 0.127 e. The first-order valence-electron chi connectivity index (χ1n) is 4.93. The molecule has 0 spiro atoms. The van der Waals surface area contributed by atoms with Gasteiger partial charge in [-0.25, -0.2) is 4.39 Å². The fourth-order valence-corrected chi connectivity index (χ4v) is 2.14. The lowest BCUT2D eigenvalue weighted by molar-refractivity contribution is 0.561. The molecule has 0 amide bonds. The lowest BCUT2D eigenvalue weighted by Gasteiger charge is -2.11. The van der Waals surface area contributed by atoms with Gasteiger partial charge < -0.3 is 5.32 Å². The molecule has 1 aliphatic rings. The number of rotatable bonds is 2. The van der Waals surface area contributed by atoms with Gasteiger partial charge in [-0.05, 0) is 37.9 Å². The number of hydrogen-bond acceptors (Lipinski definition) is 1. The summed E-state index contributed by atoms with van der Waals surface area (Å²) < 4.78 is 13.4. The molecule has 0 radical (unpaired) electrons. The van der Waals surface area contributed by atoms with Gasteiger partial charge in [0.25, 0.3) is 0 Å². The second-order valence-electron chi connectivity index (χ2n) is 3.70. The van der Waals surface area contributed by atoms with Gasteiger partial charge in [0, 0.05) is 16.6 Å². The normalized spacial score (nSPS) is 21.4. The SMILES string of the molecule is Fc1cccc(Cl)c1CC1CCCN1. The molecule has 1 fully saturated rings. The molecule has 3 heteroatoms. The summed E-state index contributed by atoms with van der Waals surface area (Å²) in [4.78, 5) is 0. The summed E-state index contributed by atoms with van der Waals surface area (Å²) in [5.74, 6) is -0.189. The predicted octanol–water partition coefficient (Wildman–Crippen LogP) is 2.77. The van der Waals surface area contributed by atoms with Gasteiger partial charge >= 0.3 is 0 Å². The van der Waals surface area contributed by atoms with E-state index in [0.717, 1.165) is 13.0 Å². The van der Waals surface area contributed by atoms with E-state index in [1.165, 1.54) is 12.5 Å². The zero-order valence-electron chi connectivity index (χ0n) is 7.89. The van der Waals surface area contributed by atoms with E-state index in [2.05, 4.69) is 5.32 Å². The Kier molecular flexibility index (Phi) is 3.04. The van der Waals surface area contributed by atoms with Crippen LogP contribution in [0.25, 0.3) is 0 Å². The van der Waals surface area contributed by atoms with Crippen molar-refractivity contribution in [1.82, 2.24) is 5.32 Å². The van der Waals surface area contributed by atoms with Crippen molar-refractivity contribution in [2.45, 2.75) is 25.3 Å². The maximum absolute atomic E-state index is 13.4. The number of hydrogen-bond donors (Lipinski definition) is 1. The van der Waals surface area contributed by atoms with E-state index in [0.29, 0.717) is 23.0 Å². The first-order valence-corrected chi connectivity index (χ1v) is 5.31. The van der Waals surface area contributed by atoms with Crippen LogP contribution in [0.4, 0.5) is 4.39 Å². The van der Waals surface area contributed by atoms with Crippen LogP contribution in [-0.2, 0) is 6.42 Å². The van der Waals surface area contributed by atoms with Crippen molar-refractivity contribution in [3.8, 4) is 0 Å². The van der Waals surface area contributed by atoms with E-state index in [-0.39, 0.29) is 5.82 Å². The standard InChI is InChI=1S/C11H13ClFN/c12-10-4-1-5-11(13)9(10)7-8-3-2-6-14-8/h1,4-5,8,14H,2-3,6-7H2. The van der Waals surface area contributed by atoms with Crippen LogP contribution in [0, 0.1) is 5.82 Å². The highest BCUT2D eigenvalue weighted by atomic mass is 35.5. The third-order valence-electron chi connectivity index (χ3n) is 2.67. The van der Waals surface area contributed by atoms with Gasteiger partial charge in [0.1, 0.15) is 5.82 Å². The van der Waals surface area contributed by atoms with Crippen LogP contribution in [0.1, 0.15) is 18.4 Å². The lowest BCUT2D eigenvalue weighted by Crippen LogP contribution is -2.24. The third kappa shape index (κ3) is 2.07. The van der Waals surface area contributed by atoms with Crippen molar-refractivity contribution in [1.29, 1.82) is 0 Å². The molecule has 0 bridgehead atoms. The fourth-order valence-electron chi connectivity index (χ4n) is 1.90. The summed E-state index contributed by atoms with van der Waals surface area (Å²) in [5.41, 5.74) is 0.647. The monoisotopic (exact) mass is 213 g/mol. The second-order valence-corrected chi connectivity index (χ2v) is 4.10. The molecule has 0 aromatic heterocycles. The van der Waals surface area contributed by atoms with Gasteiger partial charge in [0.15, 0.2) is 0 Å². The van der Waals surface area contributed by atoms with E-state index in [1.54, 1.807) is 12.1 Å². The Morgan fingerprint density at radius 2 is 2.36 bits per heavy atom. The van der Waals surface area contributed by atoms with Crippen LogP contribution in [0.5, 0.6) is 0 Å². The van der Waals surface area contributed by atoms with Crippen molar-refractivity contribution in [2.75, 3.05) is 6.54 Å². The molecular formula is C11H13ClFN. The van der Waals surface area contributed by atoms with Gasteiger partial charge in [-0.1, -0.05) is 17.7 Å². The highest BCUT2D eigenvalue weighted by molar-refractivity contribution is 6.31. The lowest BCUT2D eigenvalue weighted by atomic mass is 10.0. The predicted molar refractivity (Wildman–Crippen MR) is 56.1 cm³/mol. The van der Waals surface area contributed by atoms with Gasteiger partial charge in [-0.3, -0.25) is 0 Å². The molecule has 1 aromatic rings. The van der Waals surface area contributed by atoms with E-state index in [1.807, 2.05) is 0 Å². The topological polar surface area (TPSA) is 12.0 Å². The molecule has 2 rings (SSSR count). The van der Waals surface area contributed by atoms with Crippen LogP contribution in [0.2, 0.25) is 5.02 Å². The number of benzene rings is 1. The zero-order chi connectivity index (χ0) is 9.97. The first-order chi connectivity index (χ1) is 6.77. The van der Waals surface area contributed by atoms with Crippen LogP contribution >= 0.6 is 11.6 Å². The first kappa shape index (κ1) is 9.94. The molecule has 1 aliphatic heterocycles. The Bertz CT molecular complexity index is 301. The summed E-state index contributed by atoms with van der Waals surface area (Å²) in [6.45, 7) is 1.04. The molecule has 1 aromatic carbocycles. The Morgan fingerprint density at radius 3 is 3.00 bits per heavy atom. The summed E-state index contributed by atoms with van der Waals surface area (Å²) in [6, 6.07) is 5.25. The van der Waals surface area contributed by atoms with Gasteiger partial charge in [-0.15, -0.1) is 0 Å². The third-order valence-corrected chi connectivity index (χ3v) is 3.03. The van der Waals surface area contributed by atoms with Gasteiger partial charge in [0.2, 0.25) is 0 Å². The van der Waals surface area contributed by atoms with E-state index < -0.39 is 0 Å². The largest absolute Gasteiger partial charge is 0.314 e. The summed E-state index contributed by atoms with van der Waals surface area (Å²) in [7, 11) is 0. The van der Waals surface area contributed by atoms with E-state index >= 15 is 0 Å². The molecule has 14 heavy (non-hydrogen) atoms. The van der Waals surface area contributed by atoms with Crippen LogP contribution in [0.3, 0.4) is 0 Å². The minimum absolute atomic E-state index is 0.189. The molecule has 1 N–H and O–H groups in total. The molecular weight excluding hydrogens is 201 g/mol. The maximum atomic E-state index is 13.4. The number of nitrogens with one attached hydrogen (secondary N) is 1. The molecule has 0 aliphatic carbocycles. The minimum Gasteiger partial charge on any atom is -0.314 e. The van der Waals surface area contributed by atoms with Crippen molar-refractivity contribution < 1.29 is 4.39 Å². The minimum atomic E-state index is -0.189. The molecule has 1 unspecified atom stereocenters. The Balaban J connectivity index is 2.14. The summed E-state index contributed by atoms with van der Waals surface area (Å²) in [6.07, 6.45) is 2.99. The van der Waals surface area contributed by atoms with Crippen LogP contribution < -0.4 is 5.32 Å². The van der Waals surface area contributed by atoms with Crippen LogP contribution in [0.15, 0.2) is 18.2 Å². The summed E-state index contributed by atoms with van der Waals surface area (Å²) >= 11 is 5.94. The number of halogens is 2. The highest BCUT2D eigenvalue weighted by Gasteiger charge is 2.17. The highest BCUT2D eigenvalue weighted by Crippen LogP contribution is 2.22. The molecule has 1 heterocycles. The summed E-state index contributed by atoms with van der Waals surface area (Å²) in [5, 5.41) is 3.87. The molecule has 76 valence electrons. The van der Waals surface area contributed by atoms with Crippen LogP contribution in [-0.4, -0.2) is 12.6 Å². The molecule has 0 saturated carbocycles. The van der Waals surface area contributed by atoms with Crippen molar-refractivity contribution >= 4 is 11.6 Å². The maximum Gasteiger partial charge on any atom is 0.127 e. The average Bonchev–Trinajstić information content (AvgIpc) is 2.64. The molecule has 1 nitrogen and oxygen atoms in total. The van der Waals surface area contributed by atoms with Crippen molar-refractivity contribution in [3.63, 3.8) is 0 Å².